The average Bonchev–Trinajstić information content (AvgIpc) is 2.35. The first-order valence-corrected chi connectivity index (χ1v) is 6.13. The summed E-state index contributed by atoms with van der Waals surface area (Å²) >= 11 is 0. The predicted octanol–water partition coefficient (Wildman–Crippen LogP) is 3.22. The van der Waals surface area contributed by atoms with Crippen LogP contribution < -0.4 is 10.1 Å². The Labute approximate surface area is 116 Å². The zero-order chi connectivity index (χ0) is 15.0. The van der Waals surface area contributed by atoms with E-state index < -0.39 is 6.36 Å². The Morgan fingerprint density at radius 2 is 1.90 bits per heavy atom. The van der Waals surface area contributed by atoms with Crippen molar-refractivity contribution in [3.63, 3.8) is 0 Å². The van der Waals surface area contributed by atoms with Gasteiger partial charge in [0.1, 0.15) is 5.75 Å². The number of hydrogen-bond acceptors (Lipinski definition) is 3. The van der Waals surface area contributed by atoms with Crippen molar-refractivity contribution in [3.05, 3.63) is 35.4 Å². The van der Waals surface area contributed by atoms with Gasteiger partial charge in [0.05, 0.1) is 6.61 Å². The Balaban J connectivity index is 2.51. The quantitative estimate of drug-likeness (QED) is 0.782. The molecule has 0 fully saturated rings. The minimum Gasteiger partial charge on any atom is -0.406 e. The van der Waals surface area contributed by atoms with E-state index in [-0.39, 0.29) is 5.75 Å². The Kier molecular flexibility index (Phi) is 6.54. The zero-order valence-electron chi connectivity index (χ0n) is 11.5. The molecular formula is C14H18F3NO2. The Hall–Kier alpha value is -1.53. The number of hydrogen-bond donors (Lipinski definition) is 1. The van der Waals surface area contributed by atoms with E-state index >= 15 is 0 Å². The number of halogens is 3. The summed E-state index contributed by atoms with van der Waals surface area (Å²) < 4.78 is 44.7. The molecule has 0 radical (unpaired) electrons. The van der Waals surface area contributed by atoms with Gasteiger partial charge in [0, 0.05) is 20.2 Å². The van der Waals surface area contributed by atoms with Crippen LogP contribution in [0, 0.1) is 0 Å². The number of rotatable bonds is 7. The molecule has 112 valence electrons. The molecule has 0 heterocycles. The predicted molar refractivity (Wildman–Crippen MR) is 71.5 cm³/mol. The van der Waals surface area contributed by atoms with Crippen molar-refractivity contribution in [3.8, 4) is 5.75 Å². The summed E-state index contributed by atoms with van der Waals surface area (Å²) in [4.78, 5) is 0. The van der Waals surface area contributed by atoms with Gasteiger partial charge in [-0.2, -0.15) is 0 Å². The summed E-state index contributed by atoms with van der Waals surface area (Å²) in [6, 6.07) is 5.76. The van der Waals surface area contributed by atoms with Gasteiger partial charge in [0.15, 0.2) is 0 Å². The van der Waals surface area contributed by atoms with Crippen LogP contribution in [-0.2, 0) is 4.74 Å². The molecule has 20 heavy (non-hydrogen) atoms. The lowest BCUT2D eigenvalue weighted by Crippen LogP contribution is -2.20. The third-order valence-corrected chi connectivity index (χ3v) is 2.41. The van der Waals surface area contributed by atoms with E-state index in [4.69, 9.17) is 4.74 Å². The minimum atomic E-state index is -4.65. The first-order chi connectivity index (χ1) is 9.40. The molecule has 1 aromatic rings. The maximum atomic E-state index is 12.0. The Bertz CT molecular complexity index is 427. The highest BCUT2D eigenvalue weighted by Gasteiger charge is 2.30. The molecule has 0 spiro atoms. The first kappa shape index (κ1) is 16.5. The van der Waals surface area contributed by atoms with Crippen LogP contribution in [0.1, 0.15) is 12.5 Å². The van der Waals surface area contributed by atoms with Crippen LogP contribution in [0.5, 0.6) is 5.75 Å². The van der Waals surface area contributed by atoms with Crippen LogP contribution in [0.4, 0.5) is 13.2 Å². The fraction of sp³-hybridized carbons (Fsp3) is 0.429. The molecule has 0 aliphatic heterocycles. The van der Waals surface area contributed by atoms with E-state index in [9.17, 15) is 13.2 Å². The van der Waals surface area contributed by atoms with E-state index in [1.54, 1.807) is 19.2 Å². The molecule has 0 saturated carbocycles. The van der Waals surface area contributed by atoms with Gasteiger partial charge in [-0.3, -0.25) is 0 Å². The maximum Gasteiger partial charge on any atom is 0.573 e. The fourth-order valence-electron chi connectivity index (χ4n) is 1.56. The van der Waals surface area contributed by atoms with Crippen LogP contribution in [0.2, 0.25) is 0 Å². The second-order valence-electron chi connectivity index (χ2n) is 4.28. The van der Waals surface area contributed by atoms with Gasteiger partial charge >= 0.3 is 6.36 Å². The summed E-state index contributed by atoms with van der Waals surface area (Å²) in [5.74, 6) is -0.217. The summed E-state index contributed by atoms with van der Waals surface area (Å²) in [6.07, 6.45) is -2.75. The molecule has 0 aliphatic rings. The fourth-order valence-corrected chi connectivity index (χ4v) is 1.56. The van der Waals surface area contributed by atoms with Crippen molar-refractivity contribution in [1.82, 2.24) is 5.32 Å². The standard InChI is InChI=1S/C14H18F3NO2/c1-11(10-18-7-8-19-2)9-12-3-5-13(6-4-12)20-14(15,16)17/h3-6,9,18H,7-8,10H2,1-2H3. The highest BCUT2D eigenvalue weighted by molar-refractivity contribution is 5.53. The summed E-state index contributed by atoms with van der Waals surface area (Å²) in [5.41, 5.74) is 1.90. The van der Waals surface area contributed by atoms with Crippen LogP contribution in [-0.4, -0.2) is 33.2 Å². The highest BCUT2D eigenvalue weighted by atomic mass is 19.4. The summed E-state index contributed by atoms with van der Waals surface area (Å²) in [6.45, 7) is 4.03. The van der Waals surface area contributed by atoms with Gasteiger partial charge in [-0.05, 0) is 24.6 Å². The molecule has 0 saturated heterocycles. The molecule has 3 nitrogen and oxygen atoms in total. The second kappa shape index (κ2) is 7.91. The Morgan fingerprint density at radius 3 is 2.45 bits per heavy atom. The lowest BCUT2D eigenvalue weighted by atomic mass is 10.1. The normalized spacial score (nSPS) is 12.6. The average molecular weight is 289 g/mol. The maximum absolute atomic E-state index is 12.0. The van der Waals surface area contributed by atoms with Gasteiger partial charge in [-0.25, -0.2) is 0 Å². The van der Waals surface area contributed by atoms with E-state index in [1.807, 2.05) is 13.0 Å². The summed E-state index contributed by atoms with van der Waals surface area (Å²) in [7, 11) is 1.63. The van der Waals surface area contributed by atoms with Gasteiger partial charge in [0.25, 0.3) is 0 Å². The van der Waals surface area contributed by atoms with Crippen LogP contribution in [0.25, 0.3) is 6.08 Å². The monoisotopic (exact) mass is 289 g/mol. The molecule has 0 atom stereocenters. The molecule has 6 heteroatoms. The van der Waals surface area contributed by atoms with E-state index in [2.05, 4.69) is 10.1 Å². The third-order valence-electron chi connectivity index (χ3n) is 2.41. The van der Waals surface area contributed by atoms with Crippen molar-refractivity contribution >= 4 is 6.08 Å². The van der Waals surface area contributed by atoms with Gasteiger partial charge in [-0.1, -0.05) is 23.8 Å². The van der Waals surface area contributed by atoms with E-state index in [0.29, 0.717) is 13.2 Å². The molecule has 0 bridgehead atoms. The smallest absolute Gasteiger partial charge is 0.406 e. The Morgan fingerprint density at radius 1 is 1.25 bits per heavy atom. The van der Waals surface area contributed by atoms with E-state index in [1.165, 1.54) is 12.1 Å². The largest absolute Gasteiger partial charge is 0.573 e. The molecule has 0 amide bonds. The van der Waals surface area contributed by atoms with Crippen molar-refractivity contribution in [2.24, 2.45) is 0 Å². The number of nitrogens with one attached hydrogen (secondary N) is 1. The third kappa shape index (κ3) is 7.16. The number of ether oxygens (including phenoxy) is 2. The molecule has 0 aliphatic carbocycles. The molecule has 1 N–H and O–H groups in total. The zero-order valence-corrected chi connectivity index (χ0v) is 11.5. The number of alkyl halides is 3. The van der Waals surface area contributed by atoms with Crippen LogP contribution in [0.3, 0.4) is 0 Å². The minimum absolute atomic E-state index is 0.217. The molecular weight excluding hydrogens is 271 g/mol. The lowest BCUT2D eigenvalue weighted by molar-refractivity contribution is -0.274. The van der Waals surface area contributed by atoms with Crippen LogP contribution >= 0.6 is 0 Å². The highest BCUT2D eigenvalue weighted by Crippen LogP contribution is 2.23. The van der Waals surface area contributed by atoms with Gasteiger partial charge in [-0.15, -0.1) is 13.2 Å². The first-order valence-electron chi connectivity index (χ1n) is 6.13. The van der Waals surface area contributed by atoms with Crippen molar-refractivity contribution in [2.75, 3.05) is 26.8 Å². The topological polar surface area (TPSA) is 30.5 Å². The lowest BCUT2D eigenvalue weighted by Gasteiger charge is -2.09. The second-order valence-corrected chi connectivity index (χ2v) is 4.28. The molecule has 1 rings (SSSR count). The molecule has 0 aromatic heterocycles. The van der Waals surface area contributed by atoms with Gasteiger partial charge < -0.3 is 14.8 Å². The van der Waals surface area contributed by atoms with E-state index in [0.717, 1.165) is 17.7 Å². The number of methoxy groups -OCH3 is 1. The van der Waals surface area contributed by atoms with Gasteiger partial charge in [0.2, 0.25) is 0 Å². The molecule has 0 unspecified atom stereocenters. The SMILES string of the molecule is COCCNCC(C)=Cc1ccc(OC(F)(F)F)cc1. The van der Waals surface area contributed by atoms with Crippen LogP contribution in [0.15, 0.2) is 29.8 Å². The molecule has 1 aromatic carbocycles. The number of benzene rings is 1. The van der Waals surface area contributed by atoms with Crippen molar-refractivity contribution < 1.29 is 22.6 Å². The van der Waals surface area contributed by atoms with Crippen molar-refractivity contribution in [2.45, 2.75) is 13.3 Å². The van der Waals surface area contributed by atoms with Crippen molar-refractivity contribution in [1.29, 1.82) is 0 Å². The summed E-state index contributed by atoms with van der Waals surface area (Å²) in [5, 5.41) is 3.18.